The number of carbonyl (C=O) groups excluding carboxylic acids is 1. The van der Waals surface area contributed by atoms with E-state index in [1.807, 2.05) is 37.3 Å². The van der Waals surface area contributed by atoms with Crippen molar-refractivity contribution in [3.63, 3.8) is 0 Å². The molecule has 1 unspecified atom stereocenters. The molecule has 0 radical (unpaired) electrons. The summed E-state index contributed by atoms with van der Waals surface area (Å²) in [4.78, 5) is 16.6. The third-order valence-corrected chi connectivity index (χ3v) is 4.37. The number of halogens is 1. The number of guanidine groups is 1. The molecule has 0 aromatic heterocycles. The van der Waals surface area contributed by atoms with Gasteiger partial charge in [-0.3, -0.25) is 9.79 Å². The Kier molecular flexibility index (Phi) is 9.31. The Balaban J connectivity index is 1.82. The van der Waals surface area contributed by atoms with Gasteiger partial charge in [0.15, 0.2) is 5.96 Å². The molecule has 1 amide bonds. The van der Waals surface area contributed by atoms with Gasteiger partial charge in [-0.15, -0.1) is 0 Å². The fourth-order valence-corrected chi connectivity index (χ4v) is 2.72. The van der Waals surface area contributed by atoms with Crippen molar-refractivity contribution >= 4 is 23.5 Å². The molecule has 0 saturated carbocycles. The second kappa shape index (κ2) is 12.0. The molecule has 0 spiro atoms. The fourth-order valence-electron chi connectivity index (χ4n) is 2.60. The van der Waals surface area contributed by atoms with E-state index in [1.165, 1.54) is 0 Å². The second-order valence-corrected chi connectivity index (χ2v) is 6.64. The maximum atomic E-state index is 12.1. The highest BCUT2D eigenvalue weighted by Gasteiger charge is 2.10. The summed E-state index contributed by atoms with van der Waals surface area (Å²) >= 11 is 5.83. The lowest BCUT2D eigenvalue weighted by Gasteiger charge is -2.15. The van der Waals surface area contributed by atoms with Crippen LogP contribution in [0.3, 0.4) is 0 Å². The van der Waals surface area contributed by atoms with Gasteiger partial charge in [0.2, 0.25) is 0 Å². The number of rotatable bonds is 9. The van der Waals surface area contributed by atoms with Crippen LogP contribution in [-0.2, 0) is 0 Å². The summed E-state index contributed by atoms with van der Waals surface area (Å²) < 4.78 is 0. The monoisotopic (exact) mass is 402 g/mol. The molecule has 1 atom stereocenters. The van der Waals surface area contributed by atoms with Crippen LogP contribution < -0.4 is 16.0 Å². The predicted octanol–water partition coefficient (Wildman–Crippen LogP) is 2.40. The Morgan fingerprint density at radius 3 is 2.36 bits per heavy atom. The summed E-state index contributed by atoms with van der Waals surface area (Å²) in [6.45, 7) is 4.18. The minimum Gasteiger partial charge on any atom is -0.396 e. The summed E-state index contributed by atoms with van der Waals surface area (Å²) in [5.74, 6) is 0.448. The molecule has 0 heterocycles. The van der Waals surface area contributed by atoms with Crippen LogP contribution in [0, 0.1) is 0 Å². The molecule has 150 valence electrons. The topological polar surface area (TPSA) is 85.8 Å². The molecule has 0 aliphatic carbocycles. The van der Waals surface area contributed by atoms with Crippen LogP contribution in [0.2, 0.25) is 5.02 Å². The molecule has 4 N–H and O–H groups in total. The highest BCUT2D eigenvalue weighted by atomic mass is 35.5. The van der Waals surface area contributed by atoms with Crippen LogP contribution in [0.5, 0.6) is 0 Å². The fraction of sp³-hybridized carbons (Fsp3) is 0.333. The van der Waals surface area contributed by atoms with Gasteiger partial charge in [-0.2, -0.15) is 0 Å². The zero-order chi connectivity index (χ0) is 20.2. The van der Waals surface area contributed by atoms with Gasteiger partial charge >= 0.3 is 0 Å². The Morgan fingerprint density at radius 2 is 1.71 bits per heavy atom. The van der Waals surface area contributed by atoms with Gasteiger partial charge in [0, 0.05) is 36.1 Å². The quantitative estimate of drug-likeness (QED) is 0.295. The summed E-state index contributed by atoms with van der Waals surface area (Å²) in [6, 6.07) is 16.6. The van der Waals surface area contributed by atoms with E-state index in [0.29, 0.717) is 36.2 Å². The standard InChI is InChI=1S/C21H27ClN4O2/c1-2-23-21(26-14-18(15-27)16-6-4-3-5-7-16)25-13-12-24-20(28)17-8-10-19(22)11-9-17/h3-11,18,27H,2,12-15H2,1H3,(H,24,28)(H2,23,25,26). The molecule has 2 rings (SSSR count). The number of nitrogens with one attached hydrogen (secondary N) is 3. The Morgan fingerprint density at radius 1 is 1.04 bits per heavy atom. The van der Waals surface area contributed by atoms with Gasteiger partial charge in [0.25, 0.3) is 5.91 Å². The van der Waals surface area contributed by atoms with Crippen molar-refractivity contribution in [2.45, 2.75) is 12.8 Å². The molecule has 0 aliphatic heterocycles. The Labute approximate surface area is 171 Å². The number of benzene rings is 2. The van der Waals surface area contributed by atoms with Gasteiger partial charge < -0.3 is 21.1 Å². The van der Waals surface area contributed by atoms with Crippen molar-refractivity contribution in [1.29, 1.82) is 0 Å². The molecule has 0 saturated heterocycles. The lowest BCUT2D eigenvalue weighted by atomic mass is 10.0. The van der Waals surface area contributed by atoms with E-state index in [1.54, 1.807) is 24.3 Å². The number of aliphatic imine (C=N–C) groups is 1. The van der Waals surface area contributed by atoms with Crippen molar-refractivity contribution in [3.05, 3.63) is 70.7 Å². The second-order valence-electron chi connectivity index (χ2n) is 6.20. The predicted molar refractivity (Wildman–Crippen MR) is 114 cm³/mol. The number of hydrogen-bond donors (Lipinski definition) is 4. The van der Waals surface area contributed by atoms with Crippen molar-refractivity contribution in [1.82, 2.24) is 16.0 Å². The molecule has 2 aromatic carbocycles. The van der Waals surface area contributed by atoms with Crippen molar-refractivity contribution in [3.8, 4) is 0 Å². The molecule has 6 nitrogen and oxygen atoms in total. The first-order valence-electron chi connectivity index (χ1n) is 9.35. The lowest BCUT2D eigenvalue weighted by Crippen LogP contribution is -2.41. The minimum atomic E-state index is -0.148. The van der Waals surface area contributed by atoms with Crippen molar-refractivity contribution < 1.29 is 9.90 Å². The maximum absolute atomic E-state index is 12.1. The SMILES string of the molecule is CCNC(=NCC(CO)c1ccccc1)NCCNC(=O)c1ccc(Cl)cc1. The summed E-state index contributed by atoms with van der Waals surface area (Å²) in [6.07, 6.45) is 0. The van der Waals surface area contributed by atoms with Gasteiger partial charge in [0.05, 0.1) is 13.2 Å². The molecule has 0 fully saturated rings. The van der Waals surface area contributed by atoms with E-state index in [2.05, 4.69) is 20.9 Å². The number of hydrogen-bond acceptors (Lipinski definition) is 3. The zero-order valence-corrected chi connectivity index (χ0v) is 16.7. The molecular formula is C21H27ClN4O2. The Bertz CT molecular complexity index is 751. The number of nitrogens with zero attached hydrogens (tertiary/aromatic N) is 1. The molecule has 0 bridgehead atoms. The van der Waals surface area contributed by atoms with Crippen LogP contribution in [0.1, 0.15) is 28.8 Å². The van der Waals surface area contributed by atoms with E-state index in [0.717, 1.165) is 12.1 Å². The first-order chi connectivity index (χ1) is 13.6. The molecule has 2 aromatic rings. The summed E-state index contributed by atoms with van der Waals surface area (Å²) in [7, 11) is 0. The first kappa shape index (κ1) is 21.7. The van der Waals surface area contributed by atoms with E-state index in [-0.39, 0.29) is 18.4 Å². The molecule has 0 aliphatic rings. The smallest absolute Gasteiger partial charge is 0.251 e. The van der Waals surface area contributed by atoms with E-state index in [9.17, 15) is 9.90 Å². The maximum Gasteiger partial charge on any atom is 0.251 e. The van der Waals surface area contributed by atoms with Gasteiger partial charge in [-0.1, -0.05) is 41.9 Å². The number of aliphatic hydroxyl groups excluding tert-OH is 1. The summed E-state index contributed by atoms with van der Waals surface area (Å²) in [5, 5.41) is 19.5. The lowest BCUT2D eigenvalue weighted by molar-refractivity contribution is 0.0954. The van der Waals surface area contributed by atoms with Crippen LogP contribution in [-0.4, -0.2) is 49.8 Å². The average molecular weight is 403 g/mol. The largest absolute Gasteiger partial charge is 0.396 e. The van der Waals surface area contributed by atoms with Crippen molar-refractivity contribution in [2.24, 2.45) is 4.99 Å². The molecular weight excluding hydrogens is 376 g/mol. The highest BCUT2D eigenvalue weighted by molar-refractivity contribution is 6.30. The van der Waals surface area contributed by atoms with E-state index < -0.39 is 0 Å². The van der Waals surface area contributed by atoms with Crippen LogP contribution in [0.15, 0.2) is 59.6 Å². The van der Waals surface area contributed by atoms with E-state index in [4.69, 9.17) is 11.6 Å². The molecule has 7 heteroatoms. The van der Waals surface area contributed by atoms with Gasteiger partial charge in [-0.25, -0.2) is 0 Å². The number of carbonyl (C=O) groups is 1. The van der Waals surface area contributed by atoms with E-state index >= 15 is 0 Å². The number of amides is 1. The van der Waals surface area contributed by atoms with Crippen LogP contribution in [0.4, 0.5) is 0 Å². The van der Waals surface area contributed by atoms with Crippen LogP contribution in [0.25, 0.3) is 0 Å². The minimum absolute atomic E-state index is 0.0318. The van der Waals surface area contributed by atoms with Gasteiger partial charge in [0.1, 0.15) is 0 Å². The zero-order valence-electron chi connectivity index (χ0n) is 16.0. The van der Waals surface area contributed by atoms with Crippen molar-refractivity contribution in [2.75, 3.05) is 32.8 Å². The average Bonchev–Trinajstić information content (AvgIpc) is 2.72. The third kappa shape index (κ3) is 7.21. The summed E-state index contributed by atoms with van der Waals surface area (Å²) in [5.41, 5.74) is 1.62. The van der Waals surface area contributed by atoms with Gasteiger partial charge in [-0.05, 0) is 36.8 Å². The highest BCUT2D eigenvalue weighted by Crippen LogP contribution is 2.14. The normalized spacial score (nSPS) is 12.3. The molecule has 28 heavy (non-hydrogen) atoms. The van der Waals surface area contributed by atoms with Crippen LogP contribution >= 0.6 is 11.6 Å². The third-order valence-electron chi connectivity index (χ3n) is 4.11. The Hall–Kier alpha value is -2.57. The first-order valence-corrected chi connectivity index (χ1v) is 9.73. The number of aliphatic hydroxyl groups is 1.